The normalized spacial score (nSPS) is 17.9. The average molecular weight is 436 g/mol. The van der Waals surface area contributed by atoms with Crippen molar-refractivity contribution in [2.75, 3.05) is 39.0 Å². The highest BCUT2D eigenvalue weighted by atomic mass is 35.5. The van der Waals surface area contributed by atoms with Gasteiger partial charge in [-0.2, -0.15) is 0 Å². The van der Waals surface area contributed by atoms with Crippen LogP contribution in [0.2, 0.25) is 10.0 Å². The number of carbonyl (C=O) groups is 1. The molecule has 0 aromatic heterocycles. The zero-order valence-corrected chi connectivity index (χ0v) is 18.2. The summed E-state index contributed by atoms with van der Waals surface area (Å²) >= 11 is 12.1. The summed E-state index contributed by atoms with van der Waals surface area (Å²) in [5.41, 5.74) is 2.89. The lowest BCUT2D eigenvalue weighted by molar-refractivity contribution is -0.131. The molecular formula is C22H27Cl2N3O2. The van der Waals surface area contributed by atoms with Crippen LogP contribution in [0.5, 0.6) is 0 Å². The minimum atomic E-state index is -0.295. The predicted molar refractivity (Wildman–Crippen MR) is 119 cm³/mol. The van der Waals surface area contributed by atoms with Gasteiger partial charge in [-0.15, -0.1) is 0 Å². The van der Waals surface area contributed by atoms with Crippen molar-refractivity contribution < 1.29 is 9.90 Å². The Morgan fingerprint density at radius 1 is 1.28 bits per heavy atom. The van der Waals surface area contributed by atoms with Crippen LogP contribution in [-0.4, -0.2) is 60.6 Å². The van der Waals surface area contributed by atoms with E-state index < -0.39 is 0 Å². The number of rotatable bonds is 7. The van der Waals surface area contributed by atoms with Crippen molar-refractivity contribution in [2.45, 2.75) is 25.0 Å². The molecule has 0 unspecified atom stereocenters. The van der Waals surface area contributed by atoms with Gasteiger partial charge in [-0.3, -0.25) is 9.69 Å². The maximum Gasteiger partial charge on any atom is 0.227 e. The SMILES string of the molecule is CNc1cccc([C@@H](CN2CC[C@H](O)C2)N(C)C(=O)Cc2ccc(Cl)c(Cl)c2)c1. The standard InChI is InChI=1S/C22H27Cl2N3O2/c1-25-17-5-3-4-16(12-17)21(14-27-9-8-18(28)13-27)26(2)22(29)11-15-6-7-19(23)20(24)10-15/h3-7,10,12,18,21,25,28H,8-9,11,13-14H2,1-2H3/t18-,21+/m0/s1. The lowest BCUT2D eigenvalue weighted by Gasteiger charge is -2.32. The zero-order valence-electron chi connectivity index (χ0n) is 16.7. The Balaban J connectivity index is 1.81. The smallest absolute Gasteiger partial charge is 0.227 e. The van der Waals surface area contributed by atoms with Crippen LogP contribution < -0.4 is 5.32 Å². The number of likely N-dealkylation sites (N-methyl/N-ethyl adjacent to an activating group) is 1. The maximum absolute atomic E-state index is 13.1. The molecule has 5 nitrogen and oxygen atoms in total. The molecular weight excluding hydrogens is 409 g/mol. The number of nitrogens with zero attached hydrogens (tertiary/aromatic N) is 2. The average Bonchev–Trinajstić information content (AvgIpc) is 3.13. The van der Waals surface area contributed by atoms with Gasteiger partial charge in [0, 0.05) is 39.4 Å². The van der Waals surface area contributed by atoms with Gasteiger partial charge < -0.3 is 15.3 Å². The molecule has 1 amide bonds. The van der Waals surface area contributed by atoms with E-state index in [0.717, 1.165) is 29.8 Å². The first-order chi connectivity index (χ1) is 13.9. The Morgan fingerprint density at radius 2 is 2.07 bits per heavy atom. The number of β-amino-alcohol motifs (C(OH)–C–C–N with tert-alkyl or cyclic N) is 1. The summed E-state index contributed by atoms with van der Waals surface area (Å²) < 4.78 is 0. The van der Waals surface area contributed by atoms with Crippen molar-refractivity contribution in [1.29, 1.82) is 0 Å². The Morgan fingerprint density at radius 3 is 2.72 bits per heavy atom. The second-order valence-electron chi connectivity index (χ2n) is 7.52. The molecule has 1 saturated heterocycles. The van der Waals surface area contributed by atoms with Gasteiger partial charge >= 0.3 is 0 Å². The van der Waals surface area contributed by atoms with Gasteiger partial charge in [-0.05, 0) is 41.8 Å². The summed E-state index contributed by atoms with van der Waals surface area (Å²) in [4.78, 5) is 17.1. The number of carbonyl (C=O) groups excluding carboxylic acids is 1. The fourth-order valence-electron chi connectivity index (χ4n) is 3.70. The summed E-state index contributed by atoms with van der Waals surface area (Å²) in [6.45, 7) is 2.14. The van der Waals surface area contributed by atoms with E-state index in [0.29, 0.717) is 23.1 Å². The maximum atomic E-state index is 13.1. The quantitative estimate of drug-likeness (QED) is 0.693. The second kappa shape index (κ2) is 9.81. The third-order valence-electron chi connectivity index (χ3n) is 5.44. The molecule has 3 rings (SSSR count). The first kappa shape index (κ1) is 21.9. The molecule has 7 heteroatoms. The van der Waals surface area contributed by atoms with E-state index in [1.807, 2.05) is 38.4 Å². The van der Waals surface area contributed by atoms with Crippen molar-refractivity contribution in [3.63, 3.8) is 0 Å². The van der Waals surface area contributed by atoms with Crippen LogP contribution in [0.1, 0.15) is 23.6 Å². The van der Waals surface area contributed by atoms with Gasteiger partial charge in [-0.25, -0.2) is 0 Å². The monoisotopic (exact) mass is 435 g/mol. The second-order valence-corrected chi connectivity index (χ2v) is 8.34. The van der Waals surface area contributed by atoms with Gasteiger partial charge in [0.05, 0.1) is 28.6 Å². The minimum absolute atomic E-state index is 0.00277. The molecule has 0 aliphatic carbocycles. The van der Waals surface area contributed by atoms with E-state index in [9.17, 15) is 9.90 Å². The summed E-state index contributed by atoms with van der Waals surface area (Å²) in [6, 6.07) is 13.3. The highest BCUT2D eigenvalue weighted by molar-refractivity contribution is 6.42. The molecule has 2 atom stereocenters. The number of aliphatic hydroxyl groups is 1. The van der Waals surface area contributed by atoms with E-state index in [-0.39, 0.29) is 24.5 Å². The number of amides is 1. The van der Waals surface area contributed by atoms with Gasteiger partial charge in [-0.1, -0.05) is 41.4 Å². The van der Waals surface area contributed by atoms with Crippen LogP contribution in [0.15, 0.2) is 42.5 Å². The number of halogens is 2. The zero-order chi connectivity index (χ0) is 21.0. The van der Waals surface area contributed by atoms with Crippen LogP contribution in [-0.2, 0) is 11.2 Å². The molecule has 0 spiro atoms. The Labute approximate surface area is 182 Å². The Bertz CT molecular complexity index is 862. The third kappa shape index (κ3) is 5.64. The van der Waals surface area contributed by atoms with E-state index in [2.05, 4.69) is 16.3 Å². The van der Waals surface area contributed by atoms with Crippen molar-refractivity contribution in [2.24, 2.45) is 0 Å². The van der Waals surface area contributed by atoms with Crippen molar-refractivity contribution in [3.05, 3.63) is 63.6 Å². The summed E-state index contributed by atoms with van der Waals surface area (Å²) in [5, 5.41) is 14.0. The number of benzene rings is 2. The van der Waals surface area contributed by atoms with E-state index in [1.165, 1.54) is 0 Å². The van der Waals surface area contributed by atoms with E-state index >= 15 is 0 Å². The molecule has 0 saturated carbocycles. The topological polar surface area (TPSA) is 55.8 Å². The molecule has 1 heterocycles. The van der Waals surface area contributed by atoms with Crippen LogP contribution >= 0.6 is 23.2 Å². The van der Waals surface area contributed by atoms with E-state index in [1.54, 1.807) is 17.0 Å². The molecule has 2 N–H and O–H groups in total. The van der Waals surface area contributed by atoms with Crippen LogP contribution in [0.3, 0.4) is 0 Å². The largest absolute Gasteiger partial charge is 0.392 e. The van der Waals surface area contributed by atoms with Crippen molar-refractivity contribution in [3.8, 4) is 0 Å². The van der Waals surface area contributed by atoms with E-state index in [4.69, 9.17) is 23.2 Å². The number of aliphatic hydroxyl groups excluding tert-OH is 1. The number of nitrogens with one attached hydrogen (secondary N) is 1. The number of anilines is 1. The molecule has 1 fully saturated rings. The van der Waals surface area contributed by atoms with Crippen LogP contribution in [0, 0.1) is 0 Å². The molecule has 1 aliphatic heterocycles. The summed E-state index contributed by atoms with van der Waals surface area (Å²) in [5.74, 6) is 0.00277. The Hall–Kier alpha value is -1.79. The number of hydrogen-bond acceptors (Lipinski definition) is 4. The highest BCUT2D eigenvalue weighted by Gasteiger charge is 2.28. The van der Waals surface area contributed by atoms with Crippen LogP contribution in [0.4, 0.5) is 5.69 Å². The molecule has 2 aromatic carbocycles. The lowest BCUT2D eigenvalue weighted by Crippen LogP contribution is -2.39. The molecule has 0 radical (unpaired) electrons. The third-order valence-corrected chi connectivity index (χ3v) is 6.18. The first-order valence-corrected chi connectivity index (χ1v) is 10.5. The van der Waals surface area contributed by atoms with Crippen molar-refractivity contribution >= 4 is 34.8 Å². The minimum Gasteiger partial charge on any atom is -0.392 e. The first-order valence-electron chi connectivity index (χ1n) is 9.75. The summed E-state index contributed by atoms with van der Waals surface area (Å²) in [7, 11) is 3.72. The Kier molecular flexibility index (Phi) is 7.41. The number of likely N-dealkylation sites (tertiary alicyclic amines) is 1. The predicted octanol–water partition coefficient (Wildman–Crippen LogP) is 3.84. The van der Waals surface area contributed by atoms with Gasteiger partial charge in [0.15, 0.2) is 0 Å². The summed E-state index contributed by atoms with van der Waals surface area (Å²) in [6.07, 6.45) is 0.721. The lowest BCUT2D eigenvalue weighted by atomic mass is 10.0. The number of hydrogen-bond donors (Lipinski definition) is 2. The molecule has 1 aliphatic rings. The fourth-order valence-corrected chi connectivity index (χ4v) is 4.02. The molecule has 2 aromatic rings. The molecule has 0 bridgehead atoms. The van der Waals surface area contributed by atoms with Crippen molar-refractivity contribution in [1.82, 2.24) is 9.80 Å². The van der Waals surface area contributed by atoms with Crippen LogP contribution in [0.25, 0.3) is 0 Å². The highest BCUT2D eigenvalue weighted by Crippen LogP contribution is 2.27. The van der Waals surface area contributed by atoms with Gasteiger partial charge in [0.25, 0.3) is 0 Å². The van der Waals surface area contributed by atoms with Gasteiger partial charge in [0.2, 0.25) is 5.91 Å². The molecule has 156 valence electrons. The van der Waals surface area contributed by atoms with Gasteiger partial charge in [0.1, 0.15) is 0 Å². The molecule has 29 heavy (non-hydrogen) atoms. The fraction of sp³-hybridized carbons (Fsp3) is 0.409.